The smallest absolute Gasteiger partial charge is 0.0896 e. The molecule has 0 bridgehead atoms. The van der Waals surface area contributed by atoms with Gasteiger partial charge in [-0.2, -0.15) is 5.10 Å². The summed E-state index contributed by atoms with van der Waals surface area (Å²) in [5, 5.41) is 8.10. The van der Waals surface area contributed by atoms with Crippen LogP contribution in [0, 0.1) is 5.92 Å². The molecule has 1 N–H and O–H groups in total. The molecule has 1 aliphatic heterocycles. The maximum absolute atomic E-state index is 5.98. The molecule has 0 unspecified atom stereocenters. The van der Waals surface area contributed by atoms with Gasteiger partial charge in [0.2, 0.25) is 0 Å². The molecule has 1 saturated heterocycles. The van der Waals surface area contributed by atoms with E-state index in [2.05, 4.69) is 60.8 Å². The topological polar surface area (TPSA) is 39.1 Å². The fourth-order valence-corrected chi connectivity index (χ4v) is 3.39. The normalized spacial score (nSPS) is 21.9. The monoisotopic (exact) mass is 327 g/mol. The highest BCUT2D eigenvalue weighted by molar-refractivity contribution is 5.15. The second-order valence-electron chi connectivity index (χ2n) is 6.80. The molecular formula is C20H29N3O. The Hall–Kier alpha value is -1.65. The summed E-state index contributed by atoms with van der Waals surface area (Å²) >= 11 is 0. The molecule has 0 amide bonds. The van der Waals surface area contributed by atoms with Crippen molar-refractivity contribution in [3.63, 3.8) is 0 Å². The molecular weight excluding hydrogens is 298 g/mol. The number of benzene rings is 1. The van der Waals surface area contributed by atoms with Crippen LogP contribution in [0.15, 0.2) is 42.7 Å². The van der Waals surface area contributed by atoms with Gasteiger partial charge in [-0.05, 0) is 38.7 Å². The first-order chi connectivity index (χ1) is 11.8. The molecule has 1 aromatic carbocycles. The standard InChI is InChI=1S/C20H29N3O/c1-3-23-15-19(14-22-23)20-18(11-12-24-20)13-21-16(2)9-10-17-7-5-4-6-8-17/h4-8,14-16,18,20-21H,3,9-13H2,1-2H3/t16-,18+,20-/m1/s1. The lowest BCUT2D eigenvalue weighted by Crippen LogP contribution is -2.32. The summed E-state index contributed by atoms with van der Waals surface area (Å²) in [7, 11) is 0. The first kappa shape index (κ1) is 17.2. The molecule has 0 saturated carbocycles. The van der Waals surface area contributed by atoms with Crippen molar-refractivity contribution in [2.24, 2.45) is 5.92 Å². The van der Waals surface area contributed by atoms with Gasteiger partial charge in [0.05, 0.1) is 12.3 Å². The fourth-order valence-electron chi connectivity index (χ4n) is 3.39. The molecule has 4 nitrogen and oxygen atoms in total. The van der Waals surface area contributed by atoms with E-state index in [1.165, 1.54) is 11.1 Å². The van der Waals surface area contributed by atoms with Gasteiger partial charge in [0.1, 0.15) is 0 Å². The molecule has 1 fully saturated rings. The van der Waals surface area contributed by atoms with E-state index in [1.54, 1.807) is 0 Å². The highest BCUT2D eigenvalue weighted by Crippen LogP contribution is 2.33. The zero-order valence-corrected chi connectivity index (χ0v) is 14.8. The Morgan fingerprint density at radius 3 is 2.92 bits per heavy atom. The number of rotatable bonds is 8. The Morgan fingerprint density at radius 1 is 1.33 bits per heavy atom. The molecule has 24 heavy (non-hydrogen) atoms. The van der Waals surface area contributed by atoms with Crippen LogP contribution in [0.1, 0.15) is 43.9 Å². The summed E-state index contributed by atoms with van der Waals surface area (Å²) in [5.41, 5.74) is 2.64. The van der Waals surface area contributed by atoms with Gasteiger partial charge >= 0.3 is 0 Å². The van der Waals surface area contributed by atoms with E-state index in [9.17, 15) is 0 Å². The Labute approximate surface area is 145 Å². The predicted molar refractivity (Wildman–Crippen MR) is 96.9 cm³/mol. The van der Waals surface area contributed by atoms with Crippen LogP contribution >= 0.6 is 0 Å². The van der Waals surface area contributed by atoms with E-state index >= 15 is 0 Å². The van der Waals surface area contributed by atoms with Gasteiger partial charge < -0.3 is 10.1 Å². The first-order valence-corrected chi connectivity index (χ1v) is 9.17. The number of hydrogen-bond donors (Lipinski definition) is 1. The quantitative estimate of drug-likeness (QED) is 0.805. The molecule has 2 heterocycles. The number of ether oxygens (including phenoxy) is 1. The maximum Gasteiger partial charge on any atom is 0.0896 e. The van der Waals surface area contributed by atoms with Crippen molar-refractivity contribution in [2.75, 3.05) is 13.2 Å². The predicted octanol–water partition coefficient (Wildman–Crippen LogP) is 3.59. The van der Waals surface area contributed by atoms with Crippen LogP contribution in [-0.2, 0) is 17.7 Å². The molecule has 3 rings (SSSR count). The fraction of sp³-hybridized carbons (Fsp3) is 0.550. The van der Waals surface area contributed by atoms with Crippen LogP contribution < -0.4 is 5.32 Å². The van der Waals surface area contributed by atoms with Crippen molar-refractivity contribution in [1.82, 2.24) is 15.1 Å². The molecule has 3 atom stereocenters. The summed E-state index contributed by atoms with van der Waals surface area (Å²) in [5.74, 6) is 0.540. The van der Waals surface area contributed by atoms with E-state index in [0.29, 0.717) is 12.0 Å². The minimum absolute atomic E-state index is 0.194. The summed E-state index contributed by atoms with van der Waals surface area (Å²) in [6.45, 7) is 7.17. The summed E-state index contributed by atoms with van der Waals surface area (Å²) < 4.78 is 7.95. The summed E-state index contributed by atoms with van der Waals surface area (Å²) in [4.78, 5) is 0. The van der Waals surface area contributed by atoms with Crippen LogP contribution in [0.2, 0.25) is 0 Å². The zero-order valence-electron chi connectivity index (χ0n) is 14.8. The van der Waals surface area contributed by atoms with Gasteiger partial charge in [-0.25, -0.2) is 0 Å². The minimum atomic E-state index is 0.194. The number of hydrogen-bond acceptors (Lipinski definition) is 3. The molecule has 1 aliphatic rings. The zero-order chi connectivity index (χ0) is 16.8. The van der Waals surface area contributed by atoms with Gasteiger partial charge in [0, 0.05) is 43.4 Å². The second-order valence-corrected chi connectivity index (χ2v) is 6.80. The largest absolute Gasteiger partial charge is 0.373 e. The number of aromatic nitrogens is 2. The minimum Gasteiger partial charge on any atom is -0.373 e. The van der Waals surface area contributed by atoms with Crippen molar-refractivity contribution >= 4 is 0 Å². The van der Waals surface area contributed by atoms with Gasteiger partial charge in [-0.3, -0.25) is 4.68 Å². The lowest BCUT2D eigenvalue weighted by Gasteiger charge is -2.21. The maximum atomic E-state index is 5.98. The van der Waals surface area contributed by atoms with Crippen molar-refractivity contribution in [2.45, 2.75) is 51.8 Å². The number of nitrogens with one attached hydrogen (secondary N) is 1. The van der Waals surface area contributed by atoms with E-state index in [-0.39, 0.29) is 6.10 Å². The van der Waals surface area contributed by atoms with Gasteiger partial charge in [-0.1, -0.05) is 30.3 Å². The average molecular weight is 327 g/mol. The van der Waals surface area contributed by atoms with Crippen molar-refractivity contribution < 1.29 is 4.74 Å². The van der Waals surface area contributed by atoms with Gasteiger partial charge in [0.25, 0.3) is 0 Å². The number of nitrogens with zero attached hydrogens (tertiary/aromatic N) is 2. The van der Waals surface area contributed by atoms with Crippen molar-refractivity contribution in [3.8, 4) is 0 Å². The van der Waals surface area contributed by atoms with E-state index < -0.39 is 0 Å². The third-order valence-corrected chi connectivity index (χ3v) is 4.96. The van der Waals surface area contributed by atoms with Crippen molar-refractivity contribution in [3.05, 3.63) is 53.9 Å². The average Bonchev–Trinajstić information content (AvgIpc) is 3.27. The van der Waals surface area contributed by atoms with Crippen LogP contribution in [0.4, 0.5) is 0 Å². The van der Waals surface area contributed by atoms with Gasteiger partial charge in [-0.15, -0.1) is 0 Å². The molecule has 4 heteroatoms. The highest BCUT2D eigenvalue weighted by atomic mass is 16.5. The SMILES string of the molecule is CCn1cc([C@@H]2OCC[C@H]2CN[C@H](C)CCc2ccccc2)cn1. The van der Waals surface area contributed by atoms with E-state index in [1.807, 2.05) is 10.9 Å². The third kappa shape index (κ3) is 4.46. The van der Waals surface area contributed by atoms with Crippen LogP contribution in [-0.4, -0.2) is 29.0 Å². The van der Waals surface area contributed by atoms with Crippen LogP contribution in [0.3, 0.4) is 0 Å². The van der Waals surface area contributed by atoms with Crippen molar-refractivity contribution in [1.29, 1.82) is 0 Å². The second kappa shape index (κ2) is 8.45. The summed E-state index contributed by atoms with van der Waals surface area (Å²) in [6.07, 6.45) is 7.70. The summed E-state index contributed by atoms with van der Waals surface area (Å²) in [6, 6.07) is 11.2. The van der Waals surface area contributed by atoms with E-state index in [4.69, 9.17) is 4.74 Å². The molecule has 1 aromatic heterocycles. The Bertz CT molecular complexity index is 610. The number of aryl methyl sites for hydroxylation is 2. The lowest BCUT2D eigenvalue weighted by molar-refractivity contribution is 0.0898. The Morgan fingerprint density at radius 2 is 2.17 bits per heavy atom. The third-order valence-electron chi connectivity index (χ3n) is 4.96. The van der Waals surface area contributed by atoms with Gasteiger partial charge in [0.15, 0.2) is 0 Å². The molecule has 0 aliphatic carbocycles. The Balaban J connectivity index is 1.46. The lowest BCUT2D eigenvalue weighted by atomic mass is 9.96. The molecule has 0 spiro atoms. The molecule has 2 aromatic rings. The molecule has 0 radical (unpaired) electrons. The Kier molecular flexibility index (Phi) is 6.05. The van der Waals surface area contributed by atoms with E-state index in [0.717, 1.165) is 39.0 Å². The molecule has 130 valence electrons. The van der Waals surface area contributed by atoms with Crippen LogP contribution in [0.25, 0.3) is 0 Å². The van der Waals surface area contributed by atoms with Crippen LogP contribution in [0.5, 0.6) is 0 Å². The highest BCUT2D eigenvalue weighted by Gasteiger charge is 2.30. The first-order valence-electron chi connectivity index (χ1n) is 9.17.